The molecule has 2 fully saturated rings. The minimum atomic E-state index is -0.190. The molecule has 11 heteroatoms. The number of nitrogens with two attached hydrogens (primary N) is 1. The Morgan fingerprint density at radius 1 is 1.03 bits per heavy atom. The first-order chi connectivity index (χ1) is 16.9. The highest BCUT2D eigenvalue weighted by atomic mass is 16.2. The normalized spacial score (nSPS) is 20.9. The number of piperidine rings is 1. The molecule has 2 saturated heterocycles. The second kappa shape index (κ2) is 8.26. The number of nitrogens with zero attached hydrogens (tertiary/aromatic N) is 9. The van der Waals surface area contributed by atoms with Crippen LogP contribution in [-0.2, 0) is 0 Å². The number of amides is 1. The van der Waals surface area contributed by atoms with Crippen LogP contribution in [0.1, 0.15) is 65.0 Å². The molecule has 0 aliphatic carbocycles. The van der Waals surface area contributed by atoms with Gasteiger partial charge in [0, 0.05) is 54.9 Å². The highest BCUT2D eigenvalue weighted by Gasteiger charge is 2.33. The molecule has 1 unspecified atom stereocenters. The Hall–Kier alpha value is -3.60. The summed E-state index contributed by atoms with van der Waals surface area (Å²) in [6.07, 6.45) is 5.80. The van der Waals surface area contributed by atoms with Gasteiger partial charge in [0.2, 0.25) is 5.82 Å². The average Bonchev–Trinajstić information content (AvgIpc) is 3.56. The van der Waals surface area contributed by atoms with E-state index in [-0.39, 0.29) is 23.8 Å². The molecule has 2 aliphatic heterocycles. The number of likely N-dealkylation sites (tertiary alicyclic amines) is 1. The number of anilines is 1. The van der Waals surface area contributed by atoms with Crippen LogP contribution in [-0.4, -0.2) is 70.7 Å². The van der Waals surface area contributed by atoms with Gasteiger partial charge in [0.15, 0.2) is 5.65 Å². The van der Waals surface area contributed by atoms with Crippen molar-refractivity contribution in [3.8, 4) is 0 Å². The number of fused-ring (bicyclic) bond motifs is 2. The molecular weight excluding hydrogens is 444 g/mol. The number of carbonyl (C=O) groups is 1. The van der Waals surface area contributed by atoms with Crippen molar-refractivity contribution in [1.82, 2.24) is 39.1 Å². The van der Waals surface area contributed by atoms with Gasteiger partial charge in [-0.2, -0.15) is 10.1 Å². The Balaban J connectivity index is 1.33. The SMILES string of the molecule is Cc1cc(C)n2nc(C(=O)N3CCCCC3c3cc4nc(N5CC[C@H](N)C5)c(C)cn4n3)nc2n1. The topological polar surface area (TPSA) is 123 Å². The molecule has 2 N–H and O–H groups in total. The highest BCUT2D eigenvalue weighted by molar-refractivity contribution is 5.91. The van der Waals surface area contributed by atoms with Gasteiger partial charge in [0.05, 0.1) is 11.7 Å². The average molecular weight is 475 g/mol. The van der Waals surface area contributed by atoms with E-state index < -0.39 is 0 Å². The summed E-state index contributed by atoms with van der Waals surface area (Å²) in [5.41, 5.74) is 10.5. The maximum Gasteiger partial charge on any atom is 0.294 e. The van der Waals surface area contributed by atoms with Gasteiger partial charge in [0.1, 0.15) is 5.82 Å². The van der Waals surface area contributed by atoms with E-state index in [1.165, 1.54) is 0 Å². The monoisotopic (exact) mass is 474 g/mol. The van der Waals surface area contributed by atoms with Crippen molar-refractivity contribution in [2.75, 3.05) is 24.5 Å². The molecule has 0 aromatic carbocycles. The van der Waals surface area contributed by atoms with E-state index >= 15 is 0 Å². The standard InChI is InChI=1S/C24H30N10O/c1-14-12-33-20(27-22(14)31-9-7-17(25)13-31)11-18(29-33)19-6-4-5-8-32(19)23(35)21-28-24-26-15(2)10-16(3)34(24)30-21/h10-12,17,19H,4-9,13,25H2,1-3H3/t17-,19?/m0/s1. The van der Waals surface area contributed by atoms with Crippen molar-refractivity contribution in [1.29, 1.82) is 0 Å². The third-order valence-corrected chi connectivity index (χ3v) is 7.06. The van der Waals surface area contributed by atoms with Gasteiger partial charge in [-0.3, -0.25) is 4.79 Å². The van der Waals surface area contributed by atoms with Crippen molar-refractivity contribution in [3.05, 3.63) is 46.8 Å². The summed E-state index contributed by atoms with van der Waals surface area (Å²) in [6.45, 7) is 8.27. The van der Waals surface area contributed by atoms with Crippen molar-refractivity contribution in [2.24, 2.45) is 5.73 Å². The number of aryl methyl sites for hydroxylation is 3. The lowest BCUT2D eigenvalue weighted by molar-refractivity contribution is 0.0593. The van der Waals surface area contributed by atoms with E-state index in [4.69, 9.17) is 15.8 Å². The molecule has 2 atom stereocenters. The molecule has 1 amide bonds. The smallest absolute Gasteiger partial charge is 0.294 e. The van der Waals surface area contributed by atoms with Gasteiger partial charge in [-0.05, 0) is 52.5 Å². The fraction of sp³-hybridized carbons (Fsp3) is 0.500. The second-order valence-corrected chi connectivity index (χ2v) is 9.81. The van der Waals surface area contributed by atoms with E-state index in [9.17, 15) is 4.79 Å². The zero-order chi connectivity index (χ0) is 24.3. The zero-order valence-corrected chi connectivity index (χ0v) is 20.3. The summed E-state index contributed by atoms with van der Waals surface area (Å²) in [6, 6.07) is 3.96. The fourth-order valence-corrected chi connectivity index (χ4v) is 5.35. The van der Waals surface area contributed by atoms with E-state index in [1.54, 1.807) is 4.52 Å². The molecule has 4 aromatic rings. The second-order valence-electron chi connectivity index (χ2n) is 9.81. The van der Waals surface area contributed by atoms with Crippen molar-refractivity contribution >= 4 is 23.1 Å². The van der Waals surface area contributed by atoms with Crippen molar-refractivity contribution in [2.45, 2.75) is 58.5 Å². The third-order valence-electron chi connectivity index (χ3n) is 7.06. The maximum absolute atomic E-state index is 13.6. The predicted molar refractivity (Wildman–Crippen MR) is 130 cm³/mol. The number of rotatable bonds is 3. The Bertz CT molecular complexity index is 1440. The Morgan fingerprint density at radius 3 is 2.69 bits per heavy atom. The lowest BCUT2D eigenvalue weighted by atomic mass is 9.99. The van der Waals surface area contributed by atoms with E-state index in [1.807, 2.05) is 41.6 Å². The molecular formula is C24H30N10O. The first-order valence-corrected chi connectivity index (χ1v) is 12.3. The summed E-state index contributed by atoms with van der Waals surface area (Å²) < 4.78 is 3.45. The van der Waals surface area contributed by atoms with Crippen LogP contribution in [0.5, 0.6) is 0 Å². The number of hydrogen-bond acceptors (Lipinski definition) is 8. The first-order valence-electron chi connectivity index (χ1n) is 12.3. The van der Waals surface area contributed by atoms with Crippen LogP contribution in [0.15, 0.2) is 18.3 Å². The fourth-order valence-electron chi connectivity index (χ4n) is 5.35. The Morgan fingerprint density at radius 2 is 1.89 bits per heavy atom. The molecule has 35 heavy (non-hydrogen) atoms. The van der Waals surface area contributed by atoms with Gasteiger partial charge in [-0.1, -0.05) is 0 Å². The number of hydrogen-bond donors (Lipinski definition) is 1. The van der Waals surface area contributed by atoms with Crippen molar-refractivity contribution in [3.63, 3.8) is 0 Å². The molecule has 0 radical (unpaired) electrons. The minimum absolute atomic E-state index is 0.149. The Kier molecular flexibility index (Phi) is 5.17. The molecule has 0 spiro atoms. The zero-order valence-electron chi connectivity index (χ0n) is 20.3. The van der Waals surface area contributed by atoms with Crippen LogP contribution >= 0.6 is 0 Å². The number of carbonyl (C=O) groups excluding carboxylic acids is 1. The lowest BCUT2D eigenvalue weighted by Crippen LogP contribution is -2.39. The largest absolute Gasteiger partial charge is 0.355 e. The van der Waals surface area contributed by atoms with Crippen LogP contribution in [0.25, 0.3) is 11.4 Å². The van der Waals surface area contributed by atoms with E-state index in [0.29, 0.717) is 12.3 Å². The predicted octanol–water partition coefficient (Wildman–Crippen LogP) is 2.00. The van der Waals surface area contributed by atoms with Gasteiger partial charge in [-0.15, -0.1) is 5.10 Å². The molecule has 6 rings (SSSR count). The van der Waals surface area contributed by atoms with Gasteiger partial charge in [-0.25, -0.2) is 19.0 Å². The molecule has 0 bridgehead atoms. The van der Waals surface area contributed by atoms with Crippen LogP contribution in [0.3, 0.4) is 0 Å². The minimum Gasteiger partial charge on any atom is -0.355 e. The van der Waals surface area contributed by atoms with Crippen LogP contribution < -0.4 is 10.6 Å². The third kappa shape index (κ3) is 3.79. The lowest BCUT2D eigenvalue weighted by Gasteiger charge is -2.33. The van der Waals surface area contributed by atoms with E-state index in [2.05, 4.69) is 26.9 Å². The summed E-state index contributed by atoms with van der Waals surface area (Å²) in [7, 11) is 0. The van der Waals surface area contributed by atoms with Crippen LogP contribution in [0.4, 0.5) is 5.82 Å². The summed E-state index contributed by atoms with van der Waals surface area (Å²) in [5, 5.41) is 9.30. The summed E-state index contributed by atoms with van der Waals surface area (Å²) >= 11 is 0. The molecule has 2 aliphatic rings. The molecule has 182 valence electrons. The molecule has 4 aromatic heterocycles. The van der Waals surface area contributed by atoms with Gasteiger partial charge >= 0.3 is 0 Å². The Labute approximate surface area is 203 Å². The van der Waals surface area contributed by atoms with Crippen molar-refractivity contribution < 1.29 is 4.79 Å². The summed E-state index contributed by atoms with van der Waals surface area (Å²) in [5.74, 6) is 1.38. The van der Waals surface area contributed by atoms with E-state index in [0.717, 1.165) is 72.9 Å². The molecule has 11 nitrogen and oxygen atoms in total. The molecule has 0 saturated carbocycles. The van der Waals surface area contributed by atoms with Gasteiger partial charge < -0.3 is 15.5 Å². The van der Waals surface area contributed by atoms with Crippen LogP contribution in [0, 0.1) is 20.8 Å². The quantitative estimate of drug-likeness (QED) is 0.478. The highest BCUT2D eigenvalue weighted by Crippen LogP contribution is 2.32. The summed E-state index contributed by atoms with van der Waals surface area (Å²) in [4.78, 5) is 31.5. The maximum atomic E-state index is 13.6. The first kappa shape index (κ1) is 21.9. The van der Waals surface area contributed by atoms with Gasteiger partial charge in [0.25, 0.3) is 11.7 Å². The molecule has 6 heterocycles. The number of aromatic nitrogens is 7. The van der Waals surface area contributed by atoms with Crippen LogP contribution in [0.2, 0.25) is 0 Å².